The Morgan fingerprint density at radius 1 is 0.816 bits per heavy atom. The SMILES string of the molecule is CCC1=Cc2c(-c3cccc(Cl)c3Cl)cccc2C1c1[c]([Zr+2][SiH](C)C)ccc2c1Cc1ccccc1-2.[Cl-].[Cl-]. The molecule has 4 aromatic rings. The minimum absolute atomic E-state index is 0. The number of hydrogen-bond acceptors (Lipinski definition) is 0. The standard InChI is InChI=1S/C30H21Cl2.C2H7Si.2ClH.Zr/c1-2-18-16-26-22(25-14-7-15-28(31)30(25)32)11-6-13-23(26)29(18)24-12-5-10-21-20-9-4-3-8-19(20)17-27(21)24;1-3-2;;;/h3-11,13-16,29H,2,17H2,1H3;3H,1-2H3;2*1H;/q;;;;+2/p-2. The van der Waals surface area contributed by atoms with Gasteiger partial charge in [-0.05, 0) is 0 Å². The van der Waals surface area contributed by atoms with Crippen molar-refractivity contribution in [2.45, 2.75) is 38.8 Å². The molecular formula is C32H28Cl4SiZr. The Balaban J connectivity index is 0.00000168. The van der Waals surface area contributed by atoms with Gasteiger partial charge in [-0.1, -0.05) is 0 Å². The molecule has 2 aliphatic carbocycles. The summed E-state index contributed by atoms with van der Waals surface area (Å²) in [6, 6.07) is 26.7. The Kier molecular flexibility index (Phi) is 9.56. The summed E-state index contributed by atoms with van der Waals surface area (Å²) in [6.07, 6.45) is 4.55. The van der Waals surface area contributed by atoms with Crippen molar-refractivity contribution >= 4 is 38.5 Å². The van der Waals surface area contributed by atoms with Crippen LogP contribution in [0, 0.1) is 0 Å². The molecule has 0 fully saturated rings. The van der Waals surface area contributed by atoms with E-state index < -0.39 is 28.3 Å². The molecule has 1 atom stereocenters. The third kappa shape index (κ3) is 5.07. The minimum atomic E-state index is -0.639. The third-order valence-electron chi connectivity index (χ3n) is 7.57. The summed E-state index contributed by atoms with van der Waals surface area (Å²) in [6.45, 7) is 7.39. The van der Waals surface area contributed by atoms with Gasteiger partial charge in [0, 0.05) is 0 Å². The van der Waals surface area contributed by atoms with Gasteiger partial charge in [-0.15, -0.1) is 0 Å². The summed E-state index contributed by atoms with van der Waals surface area (Å²) in [5, 5.41) is 1.25. The predicted molar refractivity (Wildman–Crippen MR) is 155 cm³/mol. The molecule has 38 heavy (non-hydrogen) atoms. The average molecular weight is 674 g/mol. The first-order valence-electron chi connectivity index (χ1n) is 12.8. The van der Waals surface area contributed by atoms with E-state index in [1.165, 1.54) is 39.0 Å². The Morgan fingerprint density at radius 2 is 1.53 bits per heavy atom. The van der Waals surface area contributed by atoms with Crippen LogP contribution in [0.15, 0.2) is 78.4 Å². The predicted octanol–water partition coefficient (Wildman–Crippen LogP) is 2.87. The molecule has 0 N–H and O–H groups in total. The van der Waals surface area contributed by atoms with E-state index in [-0.39, 0.29) is 24.8 Å². The van der Waals surface area contributed by atoms with Gasteiger partial charge in [0.15, 0.2) is 0 Å². The maximum absolute atomic E-state index is 6.72. The van der Waals surface area contributed by atoms with E-state index in [9.17, 15) is 0 Å². The van der Waals surface area contributed by atoms with E-state index in [0.717, 1.165) is 18.4 Å². The van der Waals surface area contributed by atoms with Crippen LogP contribution < -0.4 is 28.1 Å². The largest absolute Gasteiger partial charge is 1.00 e. The monoisotopic (exact) mass is 670 g/mol. The van der Waals surface area contributed by atoms with Crippen molar-refractivity contribution in [1.29, 1.82) is 0 Å². The summed E-state index contributed by atoms with van der Waals surface area (Å²) in [7, 11) is 0. The van der Waals surface area contributed by atoms with Gasteiger partial charge < -0.3 is 24.8 Å². The molecule has 1 unspecified atom stereocenters. The molecule has 0 heterocycles. The van der Waals surface area contributed by atoms with Crippen molar-refractivity contribution in [2.75, 3.05) is 0 Å². The molecule has 0 saturated heterocycles. The topological polar surface area (TPSA) is 0 Å². The zero-order valence-corrected chi connectivity index (χ0v) is 28.2. The van der Waals surface area contributed by atoms with E-state index in [0.29, 0.717) is 16.0 Å². The van der Waals surface area contributed by atoms with Crippen molar-refractivity contribution in [3.63, 3.8) is 0 Å². The van der Waals surface area contributed by atoms with Crippen LogP contribution >= 0.6 is 23.2 Å². The molecule has 0 aliphatic heterocycles. The number of halogens is 4. The van der Waals surface area contributed by atoms with E-state index in [1.807, 2.05) is 12.1 Å². The molecule has 6 heteroatoms. The number of rotatable bonds is 5. The zero-order chi connectivity index (χ0) is 25.0. The average Bonchev–Trinajstić information content (AvgIpc) is 3.43. The first-order chi connectivity index (χ1) is 17.5. The molecule has 0 amide bonds. The van der Waals surface area contributed by atoms with Gasteiger partial charge in [-0.3, -0.25) is 0 Å². The third-order valence-corrected chi connectivity index (χ3v) is 16.9. The second-order valence-electron chi connectivity index (χ2n) is 10.1. The quantitative estimate of drug-likeness (QED) is 0.252. The van der Waals surface area contributed by atoms with Crippen LogP contribution in [0.2, 0.25) is 23.1 Å². The van der Waals surface area contributed by atoms with Crippen LogP contribution in [0.25, 0.3) is 28.3 Å². The van der Waals surface area contributed by atoms with Crippen LogP contribution in [-0.2, 0) is 28.8 Å². The van der Waals surface area contributed by atoms with Gasteiger partial charge in [0.05, 0.1) is 0 Å². The summed E-state index contributed by atoms with van der Waals surface area (Å²) in [4.78, 5) is 0. The van der Waals surface area contributed by atoms with Crippen LogP contribution in [0.3, 0.4) is 0 Å². The molecular weight excluding hydrogens is 645 g/mol. The Labute approximate surface area is 260 Å². The molecule has 0 bridgehead atoms. The first kappa shape index (κ1) is 29.9. The fraction of sp³-hybridized carbons (Fsp3) is 0.188. The molecule has 192 valence electrons. The van der Waals surface area contributed by atoms with Crippen molar-refractivity contribution in [3.05, 3.63) is 116 Å². The summed E-state index contributed by atoms with van der Waals surface area (Å²) in [5.41, 5.74) is 14.0. The molecule has 6 rings (SSSR count). The van der Waals surface area contributed by atoms with Crippen molar-refractivity contribution in [1.82, 2.24) is 0 Å². The fourth-order valence-corrected chi connectivity index (χ4v) is 14.7. The van der Waals surface area contributed by atoms with Crippen molar-refractivity contribution in [2.24, 2.45) is 0 Å². The number of fused-ring (bicyclic) bond motifs is 4. The molecule has 0 spiro atoms. The molecule has 0 saturated carbocycles. The second kappa shape index (κ2) is 12.2. The van der Waals surface area contributed by atoms with Crippen molar-refractivity contribution < 1.29 is 47.2 Å². The van der Waals surface area contributed by atoms with Crippen LogP contribution in [0.5, 0.6) is 0 Å². The fourth-order valence-electron chi connectivity index (χ4n) is 6.06. The summed E-state index contributed by atoms with van der Waals surface area (Å²) in [5.74, 6) is -0.309. The van der Waals surface area contributed by atoms with E-state index >= 15 is 0 Å². The van der Waals surface area contributed by atoms with Crippen LogP contribution in [0.1, 0.15) is 47.1 Å². The summed E-state index contributed by atoms with van der Waals surface area (Å²) >= 11 is 12.5. The molecule has 0 radical (unpaired) electrons. The second-order valence-corrected chi connectivity index (χ2v) is 25.5. The number of benzene rings is 4. The van der Waals surface area contributed by atoms with Crippen LogP contribution in [0.4, 0.5) is 0 Å². The first-order valence-corrected chi connectivity index (χ1v) is 21.9. The molecule has 0 aromatic heterocycles. The Hall–Kier alpha value is -1.12. The van der Waals surface area contributed by atoms with E-state index in [1.54, 1.807) is 14.4 Å². The number of hydrogen-bond donors (Lipinski definition) is 0. The minimum Gasteiger partial charge on any atom is -1.00 e. The number of allylic oxidation sites excluding steroid dienone is 1. The maximum atomic E-state index is 6.72. The smallest absolute Gasteiger partial charge is 1.00 e. The summed E-state index contributed by atoms with van der Waals surface area (Å²) < 4.78 is 1.72. The normalized spacial score (nSPS) is 14.6. The zero-order valence-electron chi connectivity index (χ0n) is 21.6. The van der Waals surface area contributed by atoms with E-state index in [4.69, 9.17) is 23.2 Å². The Bertz CT molecular complexity index is 1540. The molecule has 0 nitrogen and oxygen atoms in total. The van der Waals surface area contributed by atoms with Gasteiger partial charge in [0.25, 0.3) is 0 Å². The van der Waals surface area contributed by atoms with Gasteiger partial charge in [0.2, 0.25) is 0 Å². The van der Waals surface area contributed by atoms with Gasteiger partial charge >= 0.3 is 238 Å². The van der Waals surface area contributed by atoms with Gasteiger partial charge in [0.1, 0.15) is 0 Å². The van der Waals surface area contributed by atoms with Crippen LogP contribution in [-0.4, -0.2) is 5.92 Å². The van der Waals surface area contributed by atoms with Gasteiger partial charge in [-0.25, -0.2) is 0 Å². The van der Waals surface area contributed by atoms with Crippen molar-refractivity contribution in [3.8, 4) is 22.3 Å². The van der Waals surface area contributed by atoms with E-state index in [2.05, 4.69) is 86.8 Å². The van der Waals surface area contributed by atoms with Gasteiger partial charge in [-0.2, -0.15) is 0 Å². The molecule has 2 aliphatic rings. The Morgan fingerprint density at radius 3 is 2.29 bits per heavy atom. The maximum Gasteiger partial charge on any atom is -1.00 e. The molecule has 4 aromatic carbocycles.